The first-order valence-electron chi connectivity index (χ1n) is 4.16. The summed E-state index contributed by atoms with van der Waals surface area (Å²) in [6.07, 6.45) is 7.29. The second kappa shape index (κ2) is 6.02. The van der Waals surface area contributed by atoms with Gasteiger partial charge in [-0.3, -0.25) is 0 Å². The molecule has 68 valence electrons. The molecule has 0 N–H and O–H groups in total. The van der Waals surface area contributed by atoms with E-state index in [0.29, 0.717) is 5.57 Å². The van der Waals surface area contributed by atoms with Gasteiger partial charge in [0.05, 0.1) is 11.6 Å². The molecule has 0 bridgehead atoms. The van der Waals surface area contributed by atoms with E-state index in [-0.39, 0.29) is 0 Å². The largest absolute Gasteiger partial charge is 0.192 e. The average molecular weight is 173 g/mol. The van der Waals surface area contributed by atoms with Crippen LogP contribution in [0.1, 0.15) is 20.8 Å². The van der Waals surface area contributed by atoms with Crippen LogP contribution < -0.4 is 0 Å². The Balaban J connectivity index is 4.61. The first-order valence-corrected chi connectivity index (χ1v) is 4.16. The fourth-order valence-electron chi connectivity index (χ4n) is 0.876. The summed E-state index contributed by atoms with van der Waals surface area (Å²) in [6.45, 7) is 9.62. The minimum atomic E-state index is 0.585. The summed E-state index contributed by atoms with van der Waals surface area (Å²) in [5.74, 6) is 0. The quantitative estimate of drug-likeness (QED) is 0.473. The third kappa shape index (κ3) is 5.69. The van der Waals surface area contributed by atoms with E-state index < -0.39 is 0 Å². The monoisotopic (exact) mass is 173 g/mol. The molecule has 0 unspecified atom stereocenters. The molecule has 0 aliphatic carbocycles. The van der Waals surface area contributed by atoms with Gasteiger partial charge in [-0.25, -0.2) is 0 Å². The zero-order valence-corrected chi connectivity index (χ0v) is 8.46. The van der Waals surface area contributed by atoms with E-state index in [1.807, 2.05) is 32.9 Å². The topological polar surface area (TPSA) is 23.8 Å². The summed E-state index contributed by atoms with van der Waals surface area (Å²) < 4.78 is 0. The maximum atomic E-state index is 8.59. The summed E-state index contributed by atoms with van der Waals surface area (Å²) in [5, 5.41) is 8.59. The number of nitrogens with zero attached hydrogens (tertiary/aromatic N) is 1. The minimum absolute atomic E-state index is 0.585. The van der Waals surface area contributed by atoms with Gasteiger partial charge in [0.1, 0.15) is 0 Å². The number of rotatable bonds is 3. The van der Waals surface area contributed by atoms with Gasteiger partial charge in [-0.15, -0.1) is 0 Å². The lowest BCUT2D eigenvalue weighted by Crippen LogP contribution is -1.72. The van der Waals surface area contributed by atoms with Crippen molar-refractivity contribution in [2.75, 3.05) is 0 Å². The summed E-state index contributed by atoms with van der Waals surface area (Å²) in [6, 6.07) is 2.04. The molecule has 0 saturated heterocycles. The number of hydrogen-bond acceptors (Lipinski definition) is 1. The zero-order valence-electron chi connectivity index (χ0n) is 8.46. The van der Waals surface area contributed by atoms with Crippen molar-refractivity contribution in [3.8, 4) is 6.07 Å². The van der Waals surface area contributed by atoms with E-state index >= 15 is 0 Å². The molecule has 0 aromatic carbocycles. The van der Waals surface area contributed by atoms with Gasteiger partial charge in [-0.05, 0) is 26.8 Å². The molecule has 0 rings (SSSR count). The molecular formula is C12H15N. The van der Waals surface area contributed by atoms with Crippen LogP contribution in [-0.4, -0.2) is 0 Å². The lowest BCUT2D eigenvalue weighted by molar-refractivity contribution is 1.35. The fraction of sp³-hybridized carbons (Fsp3) is 0.250. The zero-order chi connectivity index (χ0) is 10.3. The van der Waals surface area contributed by atoms with E-state index in [2.05, 4.69) is 12.7 Å². The van der Waals surface area contributed by atoms with Crippen LogP contribution in [0.2, 0.25) is 0 Å². The van der Waals surface area contributed by atoms with E-state index in [1.54, 1.807) is 12.2 Å². The Kier molecular flexibility index (Phi) is 5.30. The van der Waals surface area contributed by atoms with Gasteiger partial charge in [0.25, 0.3) is 0 Å². The van der Waals surface area contributed by atoms with Crippen molar-refractivity contribution in [1.29, 1.82) is 5.26 Å². The molecule has 0 aliphatic heterocycles. The van der Waals surface area contributed by atoms with Crippen LogP contribution in [0.5, 0.6) is 0 Å². The van der Waals surface area contributed by atoms with Gasteiger partial charge in [0.2, 0.25) is 0 Å². The Hall–Kier alpha value is -1.55. The maximum absolute atomic E-state index is 8.59. The van der Waals surface area contributed by atoms with Crippen molar-refractivity contribution in [2.45, 2.75) is 20.8 Å². The molecule has 0 spiro atoms. The van der Waals surface area contributed by atoms with Crippen molar-refractivity contribution < 1.29 is 0 Å². The van der Waals surface area contributed by atoms with Crippen molar-refractivity contribution in [3.05, 3.63) is 47.6 Å². The highest BCUT2D eigenvalue weighted by molar-refractivity contribution is 5.37. The standard InChI is InChI=1S/C12H15N/c1-5-12(9-13)7-6-11(4)8-10(2)3/h5-8H,1H2,2-4H3/b11-6+,12-7+. The normalized spacial score (nSPS) is 11.8. The van der Waals surface area contributed by atoms with Gasteiger partial charge in [-0.1, -0.05) is 36.0 Å². The third-order valence-electron chi connectivity index (χ3n) is 1.39. The maximum Gasteiger partial charge on any atom is 0.0991 e. The lowest BCUT2D eigenvalue weighted by Gasteiger charge is -1.91. The van der Waals surface area contributed by atoms with E-state index in [9.17, 15) is 0 Å². The van der Waals surface area contributed by atoms with E-state index in [1.165, 1.54) is 5.57 Å². The fourth-order valence-corrected chi connectivity index (χ4v) is 0.876. The van der Waals surface area contributed by atoms with Crippen LogP contribution in [0.25, 0.3) is 0 Å². The summed E-state index contributed by atoms with van der Waals surface area (Å²) in [7, 11) is 0. The Morgan fingerprint density at radius 3 is 2.23 bits per heavy atom. The lowest BCUT2D eigenvalue weighted by atomic mass is 10.1. The first kappa shape index (κ1) is 11.4. The van der Waals surface area contributed by atoms with Gasteiger partial charge in [0, 0.05) is 0 Å². The van der Waals surface area contributed by atoms with E-state index in [4.69, 9.17) is 5.26 Å². The molecule has 1 nitrogen and oxygen atoms in total. The van der Waals surface area contributed by atoms with E-state index in [0.717, 1.165) is 5.57 Å². The molecule has 13 heavy (non-hydrogen) atoms. The summed E-state index contributed by atoms with van der Waals surface area (Å²) in [4.78, 5) is 0. The van der Waals surface area contributed by atoms with Gasteiger partial charge < -0.3 is 0 Å². The average Bonchev–Trinajstić information content (AvgIpc) is 2.05. The molecule has 0 aromatic rings. The predicted molar refractivity (Wildman–Crippen MR) is 57.1 cm³/mol. The van der Waals surface area contributed by atoms with Crippen molar-refractivity contribution in [2.24, 2.45) is 0 Å². The molecule has 0 amide bonds. The summed E-state index contributed by atoms with van der Waals surface area (Å²) in [5.41, 5.74) is 2.97. The van der Waals surface area contributed by atoms with Crippen molar-refractivity contribution in [1.82, 2.24) is 0 Å². The third-order valence-corrected chi connectivity index (χ3v) is 1.39. The highest BCUT2D eigenvalue weighted by atomic mass is 14.2. The minimum Gasteiger partial charge on any atom is -0.192 e. The number of allylic oxidation sites excluding steroid dienone is 7. The van der Waals surface area contributed by atoms with Crippen molar-refractivity contribution in [3.63, 3.8) is 0 Å². The van der Waals surface area contributed by atoms with Crippen LogP contribution >= 0.6 is 0 Å². The van der Waals surface area contributed by atoms with Gasteiger partial charge in [0.15, 0.2) is 0 Å². The summed E-state index contributed by atoms with van der Waals surface area (Å²) >= 11 is 0. The Morgan fingerprint density at radius 1 is 1.23 bits per heavy atom. The smallest absolute Gasteiger partial charge is 0.0991 e. The highest BCUT2D eigenvalue weighted by Gasteiger charge is 1.85. The highest BCUT2D eigenvalue weighted by Crippen LogP contribution is 2.02. The molecule has 0 radical (unpaired) electrons. The van der Waals surface area contributed by atoms with Gasteiger partial charge in [-0.2, -0.15) is 5.26 Å². The van der Waals surface area contributed by atoms with Crippen LogP contribution in [0.15, 0.2) is 47.6 Å². The molecule has 1 heteroatoms. The van der Waals surface area contributed by atoms with Crippen molar-refractivity contribution >= 4 is 0 Å². The molecule has 0 saturated carbocycles. The van der Waals surface area contributed by atoms with Crippen LogP contribution in [0, 0.1) is 11.3 Å². The molecule has 0 heterocycles. The Morgan fingerprint density at radius 2 is 1.85 bits per heavy atom. The number of nitriles is 1. The number of hydrogen-bond donors (Lipinski definition) is 0. The SMILES string of the molecule is C=C/C(C#N)=C\C=C(/C)C=C(C)C. The molecular weight excluding hydrogens is 158 g/mol. The molecule has 0 aromatic heterocycles. The second-order valence-corrected chi connectivity index (χ2v) is 3.07. The predicted octanol–water partition coefficient (Wildman–Crippen LogP) is 3.53. The second-order valence-electron chi connectivity index (χ2n) is 3.07. The van der Waals surface area contributed by atoms with Crippen LogP contribution in [0.4, 0.5) is 0 Å². The molecule has 0 atom stereocenters. The molecule has 0 fully saturated rings. The van der Waals surface area contributed by atoms with Gasteiger partial charge >= 0.3 is 0 Å². The van der Waals surface area contributed by atoms with Crippen LogP contribution in [0.3, 0.4) is 0 Å². The Bertz CT molecular complexity index is 305. The van der Waals surface area contributed by atoms with Crippen LogP contribution in [-0.2, 0) is 0 Å². The first-order chi connectivity index (χ1) is 6.10. The Labute approximate surface area is 80.4 Å². The molecule has 0 aliphatic rings.